The van der Waals surface area contributed by atoms with Gasteiger partial charge in [-0.25, -0.2) is 0 Å². The Morgan fingerprint density at radius 1 is 1.21 bits per heavy atom. The van der Waals surface area contributed by atoms with Crippen molar-refractivity contribution in [2.75, 3.05) is 0 Å². The third-order valence-electron chi connectivity index (χ3n) is 2.03. The van der Waals surface area contributed by atoms with Gasteiger partial charge in [0.15, 0.2) is 0 Å². The van der Waals surface area contributed by atoms with E-state index in [1.165, 1.54) is 16.7 Å². The first-order valence-electron chi connectivity index (χ1n) is 4.80. The molecule has 0 heterocycles. The maximum atomic E-state index is 3.72. The highest BCUT2D eigenvalue weighted by Crippen LogP contribution is 2.16. The molecule has 0 N–H and O–H groups in total. The summed E-state index contributed by atoms with van der Waals surface area (Å²) in [6.07, 6.45) is 7.96. The van der Waals surface area contributed by atoms with Crippen LogP contribution in [-0.4, -0.2) is 0 Å². The molecule has 1 aromatic rings. The fourth-order valence-corrected chi connectivity index (χ4v) is 1.30. The minimum absolute atomic E-state index is 1.20. The second kappa shape index (κ2) is 5.23. The van der Waals surface area contributed by atoms with Crippen LogP contribution >= 0.6 is 0 Å². The van der Waals surface area contributed by atoms with Gasteiger partial charge < -0.3 is 0 Å². The summed E-state index contributed by atoms with van der Waals surface area (Å²) in [5, 5.41) is 0. The van der Waals surface area contributed by atoms with Gasteiger partial charge in [0.2, 0.25) is 0 Å². The molecule has 0 spiro atoms. The summed E-state index contributed by atoms with van der Waals surface area (Å²) >= 11 is 0. The number of allylic oxidation sites excluding steroid dienone is 5. The molecular weight excluding hydrogens is 168 g/mol. The Morgan fingerprint density at radius 2 is 1.86 bits per heavy atom. The van der Waals surface area contributed by atoms with Crippen LogP contribution in [0.5, 0.6) is 0 Å². The summed E-state index contributed by atoms with van der Waals surface area (Å²) in [7, 11) is 0. The molecule has 0 atom stereocenters. The van der Waals surface area contributed by atoms with E-state index in [1.807, 2.05) is 25.2 Å². The molecule has 0 fully saturated rings. The molecule has 0 heteroatoms. The summed E-state index contributed by atoms with van der Waals surface area (Å²) in [5.74, 6) is 0. The highest BCUT2D eigenvalue weighted by Gasteiger charge is 1.95. The molecule has 0 saturated heterocycles. The van der Waals surface area contributed by atoms with Gasteiger partial charge in [-0.1, -0.05) is 60.7 Å². The molecule has 1 rings (SSSR count). The van der Waals surface area contributed by atoms with Crippen LogP contribution in [0.15, 0.2) is 55.1 Å². The summed E-state index contributed by atoms with van der Waals surface area (Å²) in [6, 6.07) is 8.50. The van der Waals surface area contributed by atoms with Gasteiger partial charge in [0, 0.05) is 0 Å². The first kappa shape index (κ1) is 10.5. The Hall–Kier alpha value is -1.56. The van der Waals surface area contributed by atoms with Crippen LogP contribution in [0.1, 0.15) is 18.1 Å². The zero-order chi connectivity index (χ0) is 10.4. The van der Waals surface area contributed by atoms with Crippen LogP contribution in [0, 0.1) is 6.92 Å². The van der Waals surface area contributed by atoms with Gasteiger partial charge in [0.1, 0.15) is 0 Å². The normalized spacial score (nSPS) is 12.0. The van der Waals surface area contributed by atoms with E-state index < -0.39 is 0 Å². The molecular formula is C14H16. The molecule has 0 saturated carbocycles. The zero-order valence-electron chi connectivity index (χ0n) is 8.83. The van der Waals surface area contributed by atoms with E-state index in [4.69, 9.17) is 0 Å². The topological polar surface area (TPSA) is 0 Å². The second-order valence-electron chi connectivity index (χ2n) is 3.22. The lowest BCUT2D eigenvalue weighted by Gasteiger charge is -2.02. The largest absolute Gasteiger partial charge is 0.0990 e. The SMILES string of the molecule is C=C/C=C(\C=C/C)c1ccc(C)cc1. The lowest BCUT2D eigenvalue weighted by molar-refractivity contribution is 1.45. The number of benzene rings is 1. The van der Waals surface area contributed by atoms with E-state index in [9.17, 15) is 0 Å². The molecule has 0 amide bonds. The van der Waals surface area contributed by atoms with Crippen LogP contribution in [0.4, 0.5) is 0 Å². The van der Waals surface area contributed by atoms with Crippen LogP contribution in [-0.2, 0) is 0 Å². The fraction of sp³-hybridized carbons (Fsp3) is 0.143. The van der Waals surface area contributed by atoms with Crippen molar-refractivity contribution in [3.8, 4) is 0 Å². The van der Waals surface area contributed by atoms with Crippen molar-refractivity contribution in [3.05, 3.63) is 66.3 Å². The molecule has 72 valence electrons. The van der Waals surface area contributed by atoms with Gasteiger partial charge in [-0.05, 0) is 25.0 Å². The molecule has 14 heavy (non-hydrogen) atoms. The molecule has 0 aliphatic rings. The molecule has 0 aromatic heterocycles. The van der Waals surface area contributed by atoms with E-state index in [0.29, 0.717) is 0 Å². The third kappa shape index (κ3) is 2.74. The number of hydrogen-bond acceptors (Lipinski definition) is 0. The third-order valence-corrected chi connectivity index (χ3v) is 2.03. The minimum atomic E-state index is 1.20. The van der Waals surface area contributed by atoms with Gasteiger partial charge in [-0.2, -0.15) is 0 Å². The summed E-state index contributed by atoms with van der Waals surface area (Å²) in [4.78, 5) is 0. The van der Waals surface area contributed by atoms with Gasteiger partial charge in [-0.3, -0.25) is 0 Å². The standard InChI is InChI=1S/C14H16/c1-4-6-13(7-5-2)14-10-8-12(3)9-11-14/h4-11H,1H2,2-3H3/b7-5-,13-6+. The average molecular weight is 184 g/mol. The predicted octanol–water partition coefficient (Wildman–Crippen LogP) is 4.14. The van der Waals surface area contributed by atoms with Crippen molar-refractivity contribution in [2.24, 2.45) is 0 Å². The number of aryl methyl sites for hydroxylation is 1. The Kier molecular flexibility index (Phi) is 3.93. The fourth-order valence-electron chi connectivity index (χ4n) is 1.30. The molecule has 1 aromatic carbocycles. The van der Waals surface area contributed by atoms with Crippen molar-refractivity contribution in [1.82, 2.24) is 0 Å². The number of rotatable bonds is 3. The van der Waals surface area contributed by atoms with Crippen molar-refractivity contribution in [2.45, 2.75) is 13.8 Å². The van der Waals surface area contributed by atoms with Crippen LogP contribution in [0.2, 0.25) is 0 Å². The monoisotopic (exact) mass is 184 g/mol. The Morgan fingerprint density at radius 3 is 2.36 bits per heavy atom. The van der Waals surface area contributed by atoms with E-state index in [1.54, 1.807) is 0 Å². The lowest BCUT2D eigenvalue weighted by Crippen LogP contribution is -1.80. The Balaban J connectivity index is 3.05. The second-order valence-corrected chi connectivity index (χ2v) is 3.22. The van der Waals surface area contributed by atoms with Gasteiger partial charge in [0.25, 0.3) is 0 Å². The Bertz CT molecular complexity index is 350. The highest BCUT2D eigenvalue weighted by atomic mass is 14.0. The molecule has 0 unspecified atom stereocenters. The molecule has 0 aliphatic heterocycles. The van der Waals surface area contributed by atoms with Crippen LogP contribution < -0.4 is 0 Å². The summed E-state index contributed by atoms with van der Waals surface area (Å²) < 4.78 is 0. The smallest absolute Gasteiger partial charge is 0.0184 e. The summed E-state index contributed by atoms with van der Waals surface area (Å²) in [6.45, 7) is 7.83. The van der Waals surface area contributed by atoms with E-state index >= 15 is 0 Å². The van der Waals surface area contributed by atoms with E-state index in [-0.39, 0.29) is 0 Å². The first-order chi connectivity index (χ1) is 6.77. The van der Waals surface area contributed by atoms with E-state index in [2.05, 4.69) is 43.8 Å². The minimum Gasteiger partial charge on any atom is -0.0990 e. The number of hydrogen-bond donors (Lipinski definition) is 0. The molecule has 0 bridgehead atoms. The summed E-state index contributed by atoms with van der Waals surface area (Å²) in [5.41, 5.74) is 3.71. The average Bonchev–Trinajstić information content (AvgIpc) is 2.19. The highest BCUT2D eigenvalue weighted by molar-refractivity contribution is 5.75. The zero-order valence-corrected chi connectivity index (χ0v) is 8.83. The van der Waals surface area contributed by atoms with Crippen molar-refractivity contribution in [3.63, 3.8) is 0 Å². The Labute approximate surface area is 86.3 Å². The molecule has 0 nitrogen and oxygen atoms in total. The molecule has 0 aliphatic carbocycles. The maximum absolute atomic E-state index is 3.72. The predicted molar refractivity (Wildman–Crippen MR) is 64.2 cm³/mol. The van der Waals surface area contributed by atoms with Gasteiger partial charge in [-0.15, -0.1) is 0 Å². The van der Waals surface area contributed by atoms with Crippen molar-refractivity contribution in [1.29, 1.82) is 0 Å². The van der Waals surface area contributed by atoms with Gasteiger partial charge in [0.05, 0.1) is 0 Å². The van der Waals surface area contributed by atoms with Crippen LogP contribution in [0.25, 0.3) is 5.57 Å². The quantitative estimate of drug-likeness (QED) is 0.619. The first-order valence-corrected chi connectivity index (χ1v) is 4.80. The van der Waals surface area contributed by atoms with Crippen molar-refractivity contribution >= 4 is 5.57 Å². The van der Waals surface area contributed by atoms with Crippen molar-refractivity contribution < 1.29 is 0 Å². The lowest BCUT2D eigenvalue weighted by atomic mass is 10.0. The molecule has 0 radical (unpaired) electrons. The van der Waals surface area contributed by atoms with Gasteiger partial charge >= 0.3 is 0 Å². The van der Waals surface area contributed by atoms with Crippen LogP contribution in [0.3, 0.4) is 0 Å². The maximum Gasteiger partial charge on any atom is -0.0184 e. The van der Waals surface area contributed by atoms with E-state index in [0.717, 1.165) is 0 Å².